The summed E-state index contributed by atoms with van der Waals surface area (Å²) in [5.41, 5.74) is 6.85. The SMILES string of the molecule is Cc1cccc(OCCC(NC(=O)OC(C)(C)C)C(N)=O)c1C. The third-order valence-electron chi connectivity index (χ3n) is 3.25. The molecule has 1 aromatic rings. The summed E-state index contributed by atoms with van der Waals surface area (Å²) < 4.78 is 10.8. The topological polar surface area (TPSA) is 90.7 Å². The van der Waals surface area contributed by atoms with Gasteiger partial charge in [0.25, 0.3) is 0 Å². The zero-order valence-corrected chi connectivity index (χ0v) is 14.4. The van der Waals surface area contributed by atoms with Gasteiger partial charge in [0, 0.05) is 6.42 Å². The highest BCUT2D eigenvalue weighted by molar-refractivity contribution is 5.84. The molecule has 0 bridgehead atoms. The first-order chi connectivity index (χ1) is 10.6. The monoisotopic (exact) mass is 322 g/mol. The molecular formula is C17H26N2O4. The quantitative estimate of drug-likeness (QED) is 0.841. The van der Waals surface area contributed by atoms with Crippen LogP contribution in [0, 0.1) is 13.8 Å². The standard InChI is InChI=1S/C17H26N2O4/c1-11-7-6-8-14(12(11)2)22-10-9-13(15(18)20)19-16(21)23-17(3,4)5/h6-8,13H,9-10H2,1-5H3,(H2,18,20)(H,19,21). The second kappa shape index (κ2) is 7.85. The van der Waals surface area contributed by atoms with Crippen molar-refractivity contribution in [3.05, 3.63) is 29.3 Å². The number of aryl methyl sites for hydroxylation is 1. The fraction of sp³-hybridized carbons (Fsp3) is 0.529. The van der Waals surface area contributed by atoms with Crippen LogP contribution >= 0.6 is 0 Å². The van der Waals surface area contributed by atoms with Crippen molar-refractivity contribution >= 4 is 12.0 Å². The number of nitrogens with two attached hydrogens (primary N) is 1. The largest absolute Gasteiger partial charge is 0.493 e. The minimum atomic E-state index is -0.838. The normalized spacial score (nSPS) is 12.4. The smallest absolute Gasteiger partial charge is 0.408 e. The zero-order valence-electron chi connectivity index (χ0n) is 14.4. The molecule has 0 saturated heterocycles. The molecule has 3 N–H and O–H groups in total. The molecule has 0 radical (unpaired) electrons. The fourth-order valence-electron chi connectivity index (χ4n) is 1.90. The van der Waals surface area contributed by atoms with Gasteiger partial charge in [0.2, 0.25) is 5.91 Å². The van der Waals surface area contributed by atoms with Gasteiger partial charge in [0.15, 0.2) is 0 Å². The Morgan fingerprint density at radius 3 is 2.48 bits per heavy atom. The van der Waals surface area contributed by atoms with Crippen molar-refractivity contribution in [1.29, 1.82) is 0 Å². The van der Waals surface area contributed by atoms with Gasteiger partial charge in [-0.15, -0.1) is 0 Å². The Hall–Kier alpha value is -2.24. The van der Waals surface area contributed by atoms with E-state index < -0.39 is 23.6 Å². The van der Waals surface area contributed by atoms with Crippen molar-refractivity contribution < 1.29 is 19.1 Å². The van der Waals surface area contributed by atoms with E-state index in [0.717, 1.165) is 16.9 Å². The van der Waals surface area contributed by atoms with Crippen molar-refractivity contribution in [2.75, 3.05) is 6.61 Å². The summed E-state index contributed by atoms with van der Waals surface area (Å²) in [6.07, 6.45) is -0.407. The maximum Gasteiger partial charge on any atom is 0.408 e. The Labute approximate surface area is 137 Å². The number of nitrogens with one attached hydrogen (secondary N) is 1. The molecule has 0 fully saturated rings. The predicted octanol–water partition coefficient (Wildman–Crippen LogP) is 2.45. The maximum absolute atomic E-state index is 11.7. The number of amides is 2. The minimum Gasteiger partial charge on any atom is -0.493 e. The van der Waals surface area contributed by atoms with Crippen LogP contribution in [-0.2, 0) is 9.53 Å². The Balaban J connectivity index is 2.55. The van der Waals surface area contributed by atoms with Crippen LogP contribution in [0.3, 0.4) is 0 Å². The molecule has 6 nitrogen and oxygen atoms in total. The van der Waals surface area contributed by atoms with E-state index in [1.165, 1.54) is 0 Å². The number of hydrogen-bond acceptors (Lipinski definition) is 4. The summed E-state index contributed by atoms with van der Waals surface area (Å²) >= 11 is 0. The summed E-state index contributed by atoms with van der Waals surface area (Å²) in [4.78, 5) is 23.2. The highest BCUT2D eigenvalue weighted by atomic mass is 16.6. The van der Waals surface area contributed by atoms with Crippen LogP contribution in [-0.4, -0.2) is 30.3 Å². The fourth-order valence-corrected chi connectivity index (χ4v) is 1.90. The van der Waals surface area contributed by atoms with Gasteiger partial charge in [-0.2, -0.15) is 0 Å². The lowest BCUT2D eigenvalue weighted by Crippen LogP contribution is -2.47. The summed E-state index contributed by atoms with van der Waals surface area (Å²) in [7, 11) is 0. The second-order valence-electron chi connectivity index (χ2n) is 6.44. The Morgan fingerprint density at radius 2 is 1.91 bits per heavy atom. The molecule has 0 aromatic heterocycles. The third-order valence-corrected chi connectivity index (χ3v) is 3.25. The van der Waals surface area contributed by atoms with Gasteiger partial charge in [-0.05, 0) is 51.8 Å². The van der Waals surface area contributed by atoms with Gasteiger partial charge in [-0.3, -0.25) is 4.79 Å². The average molecular weight is 322 g/mol. The molecule has 0 aliphatic rings. The van der Waals surface area contributed by atoms with Crippen molar-refractivity contribution in [1.82, 2.24) is 5.32 Å². The highest BCUT2D eigenvalue weighted by Crippen LogP contribution is 2.20. The molecule has 1 aromatic carbocycles. The van der Waals surface area contributed by atoms with E-state index in [0.29, 0.717) is 0 Å². The van der Waals surface area contributed by atoms with E-state index >= 15 is 0 Å². The molecule has 1 rings (SSSR count). The van der Waals surface area contributed by atoms with Gasteiger partial charge in [0.1, 0.15) is 17.4 Å². The number of rotatable bonds is 6. The molecule has 1 unspecified atom stereocenters. The number of benzene rings is 1. The van der Waals surface area contributed by atoms with E-state index in [-0.39, 0.29) is 13.0 Å². The van der Waals surface area contributed by atoms with Crippen LogP contribution in [0.1, 0.15) is 38.3 Å². The third kappa shape index (κ3) is 6.59. The van der Waals surface area contributed by atoms with Crippen LogP contribution < -0.4 is 15.8 Å². The van der Waals surface area contributed by atoms with E-state index in [9.17, 15) is 9.59 Å². The van der Waals surface area contributed by atoms with Gasteiger partial charge in [-0.25, -0.2) is 4.79 Å². The average Bonchev–Trinajstić information content (AvgIpc) is 2.40. The first-order valence-corrected chi connectivity index (χ1v) is 7.58. The number of ether oxygens (including phenoxy) is 2. The number of hydrogen-bond donors (Lipinski definition) is 2. The highest BCUT2D eigenvalue weighted by Gasteiger charge is 2.22. The molecule has 0 saturated carbocycles. The number of carbonyl (C=O) groups excluding carboxylic acids is 2. The molecule has 0 aliphatic heterocycles. The molecule has 2 amide bonds. The molecule has 23 heavy (non-hydrogen) atoms. The van der Waals surface area contributed by atoms with E-state index in [2.05, 4.69) is 5.32 Å². The van der Waals surface area contributed by atoms with Crippen LogP contribution in [0.4, 0.5) is 4.79 Å². The van der Waals surface area contributed by atoms with Crippen molar-refractivity contribution in [3.63, 3.8) is 0 Å². The van der Waals surface area contributed by atoms with E-state index in [1.807, 2.05) is 32.0 Å². The molecule has 6 heteroatoms. The molecule has 128 valence electrons. The number of alkyl carbamates (subject to hydrolysis) is 1. The van der Waals surface area contributed by atoms with Gasteiger partial charge in [-0.1, -0.05) is 12.1 Å². The minimum absolute atomic E-state index is 0.258. The molecule has 0 heterocycles. The first-order valence-electron chi connectivity index (χ1n) is 7.58. The summed E-state index contributed by atoms with van der Waals surface area (Å²) in [5, 5.41) is 2.47. The molecular weight excluding hydrogens is 296 g/mol. The predicted molar refractivity (Wildman–Crippen MR) is 88.4 cm³/mol. The van der Waals surface area contributed by atoms with E-state index in [4.69, 9.17) is 15.2 Å². The summed E-state index contributed by atoms with van der Waals surface area (Å²) in [6.45, 7) is 9.46. The van der Waals surface area contributed by atoms with Crippen LogP contribution in [0.25, 0.3) is 0 Å². The lowest BCUT2D eigenvalue weighted by atomic mass is 10.1. The Bertz CT molecular complexity index is 564. The second-order valence-corrected chi connectivity index (χ2v) is 6.44. The zero-order chi connectivity index (χ0) is 17.6. The maximum atomic E-state index is 11.7. The van der Waals surface area contributed by atoms with Crippen molar-refractivity contribution in [2.45, 2.75) is 52.7 Å². The first kappa shape index (κ1) is 18.8. The molecule has 0 aliphatic carbocycles. The number of primary amides is 1. The molecule has 1 atom stereocenters. The summed E-state index contributed by atoms with van der Waals surface area (Å²) in [5.74, 6) is 0.130. The van der Waals surface area contributed by atoms with Crippen LogP contribution in [0.15, 0.2) is 18.2 Å². The van der Waals surface area contributed by atoms with Crippen LogP contribution in [0.5, 0.6) is 5.75 Å². The van der Waals surface area contributed by atoms with E-state index in [1.54, 1.807) is 20.8 Å². The van der Waals surface area contributed by atoms with Gasteiger partial charge < -0.3 is 20.5 Å². The Morgan fingerprint density at radius 1 is 1.26 bits per heavy atom. The lowest BCUT2D eigenvalue weighted by molar-refractivity contribution is -0.120. The Kier molecular flexibility index (Phi) is 6.42. The summed E-state index contributed by atoms with van der Waals surface area (Å²) in [6, 6.07) is 4.93. The van der Waals surface area contributed by atoms with Gasteiger partial charge in [0.05, 0.1) is 6.61 Å². The van der Waals surface area contributed by atoms with Gasteiger partial charge >= 0.3 is 6.09 Å². The number of carbonyl (C=O) groups is 2. The molecule has 0 spiro atoms. The van der Waals surface area contributed by atoms with Crippen LogP contribution in [0.2, 0.25) is 0 Å². The lowest BCUT2D eigenvalue weighted by Gasteiger charge is -2.22. The van der Waals surface area contributed by atoms with Crippen molar-refractivity contribution in [2.24, 2.45) is 5.73 Å². The van der Waals surface area contributed by atoms with Crippen molar-refractivity contribution in [3.8, 4) is 5.75 Å².